The van der Waals surface area contributed by atoms with E-state index in [4.69, 9.17) is 9.98 Å². The molecule has 0 bridgehead atoms. The Kier molecular flexibility index (Phi) is 9.35. The molecule has 0 N–H and O–H groups in total. The molecular formula is C48H46N2O2. The van der Waals surface area contributed by atoms with E-state index in [1.165, 1.54) is 22.3 Å². The van der Waals surface area contributed by atoms with Gasteiger partial charge in [-0.2, -0.15) is 0 Å². The average Bonchev–Trinajstić information content (AvgIpc) is 3.56. The second-order valence-electron chi connectivity index (χ2n) is 15.2. The summed E-state index contributed by atoms with van der Waals surface area (Å²) >= 11 is 0. The van der Waals surface area contributed by atoms with Crippen molar-refractivity contribution in [2.75, 3.05) is 0 Å². The molecule has 6 aromatic rings. The van der Waals surface area contributed by atoms with Gasteiger partial charge in [0, 0.05) is 33.0 Å². The number of benzene rings is 6. The second-order valence-corrected chi connectivity index (χ2v) is 15.2. The van der Waals surface area contributed by atoms with Gasteiger partial charge in [-0.3, -0.25) is 9.59 Å². The molecule has 0 aliphatic heterocycles. The third-order valence-corrected chi connectivity index (χ3v) is 10.4. The van der Waals surface area contributed by atoms with Crippen LogP contribution in [0.3, 0.4) is 0 Å². The van der Waals surface area contributed by atoms with Gasteiger partial charge in [0.25, 0.3) is 0 Å². The van der Waals surface area contributed by atoms with Crippen LogP contribution in [0.5, 0.6) is 0 Å². The monoisotopic (exact) mass is 682 g/mol. The molecule has 0 fully saturated rings. The van der Waals surface area contributed by atoms with E-state index >= 15 is 0 Å². The lowest BCUT2D eigenvalue weighted by molar-refractivity contribution is 0.106. The number of ketones is 2. The molecule has 2 aliphatic rings. The zero-order chi connectivity index (χ0) is 36.8. The Balaban J connectivity index is 0.000000162. The van der Waals surface area contributed by atoms with Crippen molar-refractivity contribution in [2.45, 2.75) is 79.1 Å². The molecule has 4 heteroatoms. The highest BCUT2D eigenvalue weighted by molar-refractivity contribution is 6.60. The fraction of sp³-hybridized carbons (Fsp3) is 0.250. The number of carbonyl (C=O) groups excluding carboxylic acids is 2. The Hall–Kier alpha value is -5.48. The number of Topliss-reactive ketones (excluding diaryl/α,β-unsaturated/α-hetero) is 2. The zero-order valence-electron chi connectivity index (χ0n) is 31.4. The summed E-state index contributed by atoms with van der Waals surface area (Å²) in [5.74, 6) is 1.46. The van der Waals surface area contributed by atoms with Crippen molar-refractivity contribution in [1.29, 1.82) is 0 Å². The molecule has 0 aromatic heterocycles. The lowest BCUT2D eigenvalue weighted by Gasteiger charge is -2.17. The molecule has 4 nitrogen and oxygen atoms in total. The van der Waals surface area contributed by atoms with Crippen LogP contribution in [0.25, 0.3) is 21.5 Å². The summed E-state index contributed by atoms with van der Waals surface area (Å²) in [4.78, 5) is 36.2. The van der Waals surface area contributed by atoms with Crippen LogP contribution in [0.2, 0.25) is 0 Å². The highest BCUT2D eigenvalue weighted by Crippen LogP contribution is 2.40. The molecule has 0 heterocycles. The molecule has 0 atom stereocenters. The number of hydrogen-bond donors (Lipinski definition) is 0. The molecule has 8 rings (SSSR count). The predicted octanol–water partition coefficient (Wildman–Crippen LogP) is 12.8. The molecule has 6 aromatic carbocycles. The number of rotatable bonds is 6. The molecule has 0 unspecified atom stereocenters. The van der Waals surface area contributed by atoms with E-state index in [0.717, 1.165) is 55.2 Å². The van der Waals surface area contributed by atoms with Gasteiger partial charge in [-0.05, 0) is 56.7 Å². The Morgan fingerprint density at radius 3 is 0.923 bits per heavy atom. The minimum absolute atomic E-state index is 0.0325. The third-order valence-electron chi connectivity index (χ3n) is 10.4. The number of para-hydroxylation sites is 2. The van der Waals surface area contributed by atoms with E-state index in [9.17, 15) is 9.59 Å². The summed E-state index contributed by atoms with van der Waals surface area (Å²) in [6.07, 6.45) is 0. The number of hydrogen-bond acceptors (Lipinski definition) is 4. The summed E-state index contributed by atoms with van der Waals surface area (Å²) < 4.78 is 0. The van der Waals surface area contributed by atoms with E-state index in [1.54, 1.807) is 0 Å². The summed E-state index contributed by atoms with van der Waals surface area (Å²) in [6, 6.07) is 36.7. The summed E-state index contributed by atoms with van der Waals surface area (Å²) in [5.41, 5.74) is 11.3. The van der Waals surface area contributed by atoms with Crippen molar-refractivity contribution in [3.63, 3.8) is 0 Å². The first-order valence-electron chi connectivity index (χ1n) is 18.5. The van der Waals surface area contributed by atoms with Crippen molar-refractivity contribution >= 4 is 55.9 Å². The summed E-state index contributed by atoms with van der Waals surface area (Å²) in [6.45, 7) is 17.4. The molecular weight excluding hydrogens is 637 g/mol. The highest BCUT2D eigenvalue weighted by atomic mass is 16.1. The second kappa shape index (κ2) is 13.9. The fourth-order valence-corrected chi connectivity index (χ4v) is 7.68. The van der Waals surface area contributed by atoms with Crippen LogP contribution < -0.4 is 0 Å². The van der Waals surface area contributed by atoms with Crippen molar-refractivity contribution in [3.8, 4) is 0 Å². The van der Waals surface area contributed by atoms with Crippen LogP contribution >= 0.6 is 0 Å². The topological polar surface area (TPSA) is 58.9 Å². The SMILES string of the molecule is CC(C)c1cccc(C(C)C)c1N=C1C(=O)c2cccc3cccc1c23.CC(C)c1cccc(C(C)C)c1N=C1C(=O)c2cccc3cccc1c23. The number of aliphatic imine (C=N–C) groups is 2. The summed E-state index contributed by atoms with van der Waals surface area (Å²) in [5, 5.41) is 4.26. The van der Waals surface area contributed by atoms with E-state index in [0.29, 0.717) is 35.1 Å². The summed E-state index contributed by atoms with van der Waals surface area (Å²) in [7, 11) is 0. The lowest BCUT2D eigenvalue weighted by atomic mass is 9.92. The minimum atomic E-state index is 0.0325. The maximum absolute atomic E-state index is 13.1. The zero-order valence-corrected chi connectivity index (χ0v) is 31.4. The maximum Gasteiger partial charge on any atom is 0.212 e. The van der Waals surface area contributed by atoms with Crippen molar-refractivity contribution < 1.29 is 9.59 Å². The van der Waals surface area contributed by atoms with Crippen LogP contribution in [-0.4, -0.2) is 23.0 Å². The van der Waals surface area contributed by atoms with Crippen LogP contribution in [0, 0.1) is 0 Å². The fourth-order valence-electron chi connectivity index (χ4n) is 7.68. The van der Waals surface area contributed by atoms with Gasteiger partial charge in [0.05, 0.1) is 11.4 Å². The molecule has 260 valence electrons. The molecule has 0 amide bonds. The Morgan fingerprint density at radius 2 is 0.635 bits per heavy atom. The molecule has 0 radical (unpaired) electrons. The molecule has 0 saturated carbocycles. The van der Waals surface area contributed by atoms with Crippen molar-refractivity contribution in [1.82, 2.24) is 0 Å². The van der Waals surface area contributed by atoms with Gasteiger partial charge < -0.3 is 0 Å². The maximum atomic E-state index is 13.1. The van der Waals surface area contributed by atoms with Gasteiger partial charge in [0.15, 0.2) is 0 Å². The number of carbonyl (C=O) groups is 2. The van der Waals surface area contributed by atoms with Gasteiger partial charge in [-0.1, -0.05) is 165 Å². The minimum Gasteiger partial charge on any atom is -0.287 e. The van der Waals surface area contributed by atoms with E-state index < -0.39 is 0 Å². The quantitative estimate of drug-likeness (QED) is 0.176. The van der Waals surface area contributed by atoms with Crippen molar-refractivity contribution in [3.05, 3.63) is 154 Å². The van der Waals surface area contributed by atoms with Crippen molar-refractivity contribution in [2.24, 2.45) is 9.98 Å². The van der Waals surface area contributed by atoms with Gasteiger partial charge in [0.1, 0.15) is 11.4 Å². The van der Waals surface area contributed by atoms with Gasteiger partial charge in [0.2, 0.25) is 11.6 Å². The Labute approximate surface area is 307 Å². The predicted molar refractivity (Wildman–Crippen MR) is 218 cm³/mol. The van der Waals surface area contributed by atoms with Gasteiger partial charge in [-0.15, -0.1) is 0 Å². The van der Waals surface area contributed by atoms with Crippen LogP contribution in [0.15, 0.2) is 119 Å². The van der Waals surface area contributed by atoms with E-state index in [-0.39, 0.29) is 11.6 Å². The third kappa shape index (κ3) is 6.00. The highest BCUT2D eigenvalue weighted by Gasteiger charge is 2.31. The first kappa shape index (κ1) is 34.9. The van der Waals surface area contributed by atoms with Crippen LogP contribution in [-0.2, 0) is 0 Å². The average molecular weight is 683 g/mol. The largest absolute Gasteiger partial charge is 0.287 e. The lowest BCUT2D eigenvalue weighted by Crippen LogP contribution is -2.09. The standard InChI is InChI=1S/2C24H23NO/c2*1-14(2)17-10-7-11-18(15(3)4)22(17)25-23-19-12-5-8-16-9-6-13-20(21(16)19)24(23)26/h2*5-15H,1-4H3. The van der Waals surface area contributed by atoms with E-state index in [1.807, 2.05) is 48.5 Å². The Morgan fingerprint density at radius 1 is 0.365 bits per heavy atom. The normalized spacial score (nSPS) is 15.0. The molecule has 2 aliphatic carbocycles. The Bertz CT molecular complexity index is 2220. The molecule has 52 heavy (non-hydrogen) atoms. The smallest absolute Gasteiger partial charge is 0.212 e. The number of nitrogens with zero attached hydrogens (tertiary/aromatic N) is 2. The van der Waals surface area contributed by atoms with Crippen LogP contribution in [0.1, 0.15) is 133 Å². The first-order valence-corrected chi connectivity index (χ1v) is 18.5. The molecule has 0 saturated heterocycles. The first-order chi connectivity index (χ1) is 25.0. The molecule has 0 spiro atoms. The van der Waals surface area contributed by atoms with Crippen LogP contribution in [0.4, 0.5) is 11.4 Å². The van der Waals surface area contributed by atoms with E-state index in [2.05, 4.69) is 116 Å². The van der Waals surface area contributed by atoms with Gasteiger partial charge in [-0.25, -0.2) is 9.98 Å². The van der Waals surface area contributed by atoms with Gasteiger partial charge >= 0.3 is 0 Å².